The number of aryl methyl sites for hydroxylation is 1. The topological polar surface area (TPSA) is 41.9 Å². The van der Waals surface area contributed by atoms with Gasteiger partial charge in [0.25, 0.3) is 5.91 Å². The average molecular weight is 395 g/mol. The fraction of sp³-hybridized carbons (Fsp3) is 0.304. The quantitative estimate of drug-likeness (QED) is 0.754. The van der Waals surface area contributed by atoms with E-state index in [2.05, 4.69) is 36.2 Å². The number of aliphatic imine (C=N–C) groups is 1. The van der Waals surface area contributed by atoms with E-state index in [9.17, 15) is 4.79 Å². The third kappa shape index (κ3) is 4.12. The molecule has 4 nitrogen and oxygen atoms in total. The highest BCUT2D eigenvalue weighted by Crippen LogP contribution is 2.23. The van der Waals surface area contributed by atoms with Crippen LogP contribution in [-0.2, 0) is 4.74 Å². The van der Waals surface area contributed by atoms with Crippen LogP contribution < -0.4 is 0 Å². The summed E-state index contributed by atoms with van der Waals surface area (Å²) in [6, 6.07) is 13.5. The predicted molar refractivity (Wildman–Crippen MR) is 113 cm³/mol. The molecule has 0 radical (unpaired) electrons. The van der Waals surface area contributed by atoms with Crippen LogP contribution in [0.2, 0.25) is 5.02 Å². The van der Waals surface area contributed by atoms with Crippen molar-refractivity contribution in [1.29, 1.82) is 0 Å². The average Bonchev–Trinajstić information content (AvgIpc) is 3.23. The monoisotopic (exact) mass is 394 g/mol. The van der Waals surface area contributed by atoms with Gasteiger partial charge in [0.2, 0.25) is 5.90 Å². The first kappa shape index (κ1) is 18.8. The van der Waals surface area contributed by atoms with Gasteiger partial charge in [-0.05, 0) is 61.2 Å². The van der Waals surface area contributed by atoms with Gasteiger partial charge in [0.15, 0.2) is 0 Å². The summed E-state index contributed by atoms with van der Waals surface area (Å²) >= 11 is 5.91. The summed E-state index contributed by atoms with van der Waals surface area (Å²) in [5.74, 6) is 0.832. The normalized spacial score (nSPS) is 16.6. The number of rotatable bonds is 3. The van der Waals surface area contributed by atoms with E-state index in [1.807, 2.05) is 4.90 Å². The molecule has 0 bridgehead atoms. The van der Waals surface area contributed by atoms with Gasteiger partial charge in [-0.2, -0.15) is 0 Å². The van der Waals surface area contributed by atoms with Gasteiger partial charge in [0.1, 0.15) is 6.61 Å². The molecule has 0 aromatic heterocycles. The van der Waals surface area contributed by atoms with Gasteiger partial charge in [-0.15, -0.1) is 0 Å². The number of piperidine rings is 1. The number of ether oxygens (including phenoxy) is 1. The molecule has 2 aliphatic heterocycles. The lowest BCUT2D eigenvalue weighted by molar-refractivity contribution is 0.0744. The molecule has 2 aromatic rings. The lowest BCUT2D eigenvalue weighted by Crippen LogP contribution is -2.36. The van der Waals surface area contributed by atoms with Crippen molar-refractivity contribution in [2.75, 3.05) is 26.2 Å². The Morgan fingerprint density at radius 1 is 1.14 bits per heavy atom. The van der Waals surface area contributed by atoms with Crippen molar-refractivity contribution in [2.24, 2.45) is 4.99 Å². The first-order chi connectivity index (χ1) is 13.6. The van der Waals surface area contributed by atoms with Gasteiger partial charge < -0.3 is 9.64 Å². The number of nitrogens with zero attached hydrogens (tertiary/aromatic N) is 2. The van der Waals surface area contributed by atoms with Crippen LogP contribution in [0.4, 0.5) is 0 Å². The molecule has 5 heteroatoms. The van der Waals surface area contributed by atoms with Gasteiger partial charge >= 0.3 is 0 Å². The first-order valence-electron chi connectivity index (χ1n) is 9.63. The highest BCUT2D eigenvalue weighted by atomic mass is 35.5. The Morgan fingerprint density at radius 2 is 1.89 bits per heavy atom. The molecular weight excluding hydrogens is 372 g/mol. The van der Waals surface area contributed by atoms with Gasteiger partial charge in [-0.3, -0.25) is 4.79 Å². The predicted octanol–water partition coefficient (Wildman–Crippen LogP) is 4.74. The number of halogens is 1. The Bertz CT molecular complexity index is 938. The van der Waals surface area contributed by atoms with Crippen molar-refractivity contribution in [2.45, 2.75) is 19.8 Å². The molecule has 0 N–H and O–H groups in total. The molecule has 0 spiro atoms. The summed E-state index contributed by atoms with van der Waals surface area (Å²) in [4.78, 5) is 18.9. The summed E-state index contributed by atoms with van der Waals surface area (Å²) in [6.45, 7) is 5.00. The summed E-state index contributed by atoms with van der Waals surface area (Å²) in [6.07, 6.45) is 4.05. The van der Waals surface area contributed by atoms with Crippen molar-refractivity contribution in [3.8, 4) is 0 Å². The number of carbonyl (C=O) groups is 1. The molecule has 2 aromatic carbocycles. The number of likely N-dealkylation sites (tertiary alicyclic amines) is 1. The summed E-state index contributed by atoms with van der Waals surface area (Å²) < 4.78 is 5.58. The molecule has 4 rings (SSSR count). The van der Waals surface area contributed by atoms with Crippen LogP contribution in [0.3, 0.4) is 0 Å². The van der Waals surface area contributed by atoms with Crippen molar-refractivity contribution >= 4 is 29.5 Å². The smallest absolute Gasteiger partial charge is 0.253 e. The molecule has 28 heavy (non-hydrogen) atoms. The van der Waals surface area contributed by atoms with E-state index >= 15 is 0 Å². The Morgan fingerprint density at radius 3 is 2.54 bits per heavy atom. The number of hydrogen-bond acceptors (Lipinski definition) is 3. The van der Waals surface area contributed by atoms with E-state index < -0.39 is 0 Å². The second kappa shape index (κ2) is 8.19. The molecule has 2 heterocycles. The maximum atomic E-state index is 12.6. The van der Waals surface area contributed by atoms with Crippen LogP contribution in [0.1, 0.15) is 39.9 Å². The van der Waals surface area contributed by atoms with Crippen LogP contribution in [0, 0.1) is 6.92 Å². The number of benzene rings is 2. The third-order valence-corrected chi connectivity index (χ3v) is 5.47. The molecule has 1 saturated heterocycles. The largest absolute Gasteiger partial charge is 0.476 e. The first-order valence-corrected chi connectivity index (χ1v) is 10.0. The lowest BCUT2D eigenvalue weighted by atomic mass is 9.98. The van der Waals surface area contributed by atoms with Gasteiger partial charge in [0.05, 0.1) is 6.54 Å². The SMILES string of the molecule is Cc1cc(C=C2CCN(C(=O)c3ccc(Cl)cc3)CC2)ccc1C1=NCCO1. The van der Waals surface area contributed by atoms with Crippen molar-refractivity contribution in [3.05, 3.63) is 75.3 Å². The van der Waals surface area contributed by atoms with E-state index in [0.29, 0.717) is 17.2 Å². The minimum atomic E-state index is 0.0771. The molecule has 1 fully saturated rings. The van der Waals surface area contributed by atoms with Crippen LogP contribution in [-0.4, -0.2) is 42.9 Å². The van der Waals surface area contributed by atoms with Gasteiger partial charge in [0, 0.05) is 29.2 Å². The standard InChI is InChI=1S/C23H23ClN2O2/c1-16-14-18(2-7-21(16)22-25-10-13-28-22)15-17-8-11-26(12-9-17)23(27)19-3-5-20(24)6-4-19/h2-7,14-15H,8-13H2,1H3. The summed E-state index contributed by atoms with van der Waals surface area (Å²) in [5, 5.41) is 0.647. The van der Waals surface area contributed by atoms with Crippen LogP contribution in [0.15, 0.2) is 53.0 Å². The fourth-order valence-corrected chi connectivity index (χ4v) is 3.79. The maximum absolute atomic E-state index is 12.6. The van der Waals surface area contributed by atoms with Crippen molar-refractivity contribution in [3.63, 3.8) is 0 Å². The second-order valence-electron chi connectivity index (χ2n) is 7.21. The zero-order valence-electron chi connectivity index (χ0n) is 16.0. The van der Waals surface area contributed by atoms with Crippen LogP contribution in [0.25, 0.3) is 6.08 Å². The van der Waals surface area contributed by atoms with Gasteiger partial charge in [-0.25, -0.2) is 4.99 Å². The fourth-order valence-electron chi connectivity index (χ4n) is 3.67. The molecule has 0 unspecified atom stereocenters. The number of carbonyl (C=O) groups excluding carboxylic acids is 1. The summed E-state index contributed by atoms with van der Waals surface area (Å²) in [7, 11) is 0. The van der Waals surface area contributed by atoms with E-state index in [1.165, 1.54) is 16.7 Å². The molecule has 0 atom stereocenters. The summed E-state index contributed by atoms with van der Waals surface area (Å²) in [5.41, 5.74) is 5.50. The van der Waals surface area contributed by atoms with E-state index in [4.69, 9.17) is 16.3 Å². The van der Waals surface area contributed by atoms with E-state index in [1.54, 1.807) is 24.3 Å². The Balaban J connectivity index is 1.40. The Kier molecular flexibility index (Phi) is 5.49. The van der Waals surface area contributed by atoms with Crippen molar-refractivity contribution < 1.29 is 9.53 Å². The highest BCUT2D eigenvalue weighted by Gasteiger charge is 2.20. The molecular formula is C23H23ClN2O2. The zero-order chi connectivity index (χ0) is 19.5. The third-order valence-electron chi connectivity index (χ3n) is 5.22. The number of hydrogen-bond donors (Lipinski definition) is 0. The van der Waals surface area contributed by atoms with E-state index in [0.717, 1.165) is 43.9 Å². The molecule has 2 aliphatic rings. The maximum Gasteiger partial charge on any atom is 0.253 e. The minimum absolute atomic E-state index is 0.0771. The Labute approximate surface area is 170 Å². The zero-order valence-corrected chi connectivity index (χ0v) is 16.7. The highest BCUT2D eigenvalue weighted by molar-refractivity contribution is 6.30. The van der Waals surface area contributed by atoms with Crippen LogP contribution >= 0.6 is 11.6 Å². The lowest BCUT2D eigenvalue weighted by Gasteiger charge is -2.28. The molecule has 0 aliphatic carbocycles. The molecule has 1 amide bonds. The van der Waals surface area contributed by atoms with Gasteiger partial charge in [-0.1, -0.05) is 35.4 Å². The Hall–Kier alpha value is -2.59. The van der Waals surface area contributed by atoms with E-state index in [-0.39, 0.29) is 5.91 Å². The molecule has 0 saturated carbocycles. The van der Waals surface area contributed by atoms with Crippen LogP contribution in [0.5, 0.6) is 0 Å². The number of amides is 1. The van der Waals surface area contributed by atoms with Crippen molar-refractivity contribution in [1.82, 2.24) is 4.90 Å². The second-order valence-corrected chi connectivity index (χ2v) is 7.65. The molecule has 144 valence electrons. The minimum Gasteiger partial charge on any atom is -0.476 e.